The summed E-state index contributed by atoms with van der Waals surface area (Å²) in [7, 11) is 3.09. The van der Waals surface area contributed by atoms with E-state index in [1.165, 1.54) is 14.0 Å². The van der Waals surface area contributed by atoms with Crippen molar-refractivity contribution in [1.29, 1.82) is 0 Å². The maximum absolute atomic E-state index is 11.9. The first-order valence-corrected chi connectivity index (χ1v) is 7.77. The predicted molar refractivity (Wildman–Crippen MR) is 89.1 cm³/mol. The Morgan fingerprint density at radius 2 is 1.95 bits per heavy atom. The predicted octanol–water partition coefficient (Wildman–Crippen LogP) is 2.57. The lowest BCUT2D eigenvalue weighted by Gasteiger charge is -2.10. The molecule has 0 atom stereocenters. The molecule has 0 aliphatic carbocycles. The minimum Gasteiger partial charge on any atom is -0.493 e. The molecule has 1 N–H and O–H groups in total. The molecule has 0 unspecified atom stereocenters. The van der Waals surface area contributed by atoms with Crippen LogP contribution < -0.4 is 14.8 Å². The van der Waals surface area contributed by atoms with Crippen molar-refractivity contribution in [3.8, 4) is 11.5 Å². The maximum atomic E-state index is 11.9. The lowest BCUT2D eigenvalue weighted by Crippen LogP contribution is -2.23. The molecular formula is C14H13BrN2O4S. The van der Waals surface area contributed by atoms with Crippen molar-refractivity contribution in [1.82, 2.24) is 5.32 Å². The molecule has 0 fully saturated rings. The molecule has 0 aromatic heterocycles. The number of benzene rings is 1. The van der Waals surface area contributed by atoms with Crippen LogP contribution in [0.3, 0.4) is 0 Å². The van der Waals surface area contributed by atoms with Gasteiger partial charge in [-0.3, -0.25) is 9.59 Å². The summed E-state index contributed by atoms with van der Waals surface area (Å²) in [5, 5.41) is 2.78. The Hall–Kier alpha value is -1.80. The van der Waals surface area contributed by atoms with Gasteiger partial charge in [0.15, 0.2) is 16.7 Å². The van der Waals surface area contributed by atoms with Crippen LogP contribution in [0.4, 0.5) is 0 Å². The molecule has 22 heavy (non-hydrogen) atoms. The summed E-state index contributed by atoms with van der Waals surface area (Å²) in [6.07, 6.45) is 1.68. The minimum atomic E-state index is -0.393. The Morgan fingerprint density at radius 3 is 2.55 bits per heavy atom. The first kappa shape index (κ1) is 16.6. The van der Waals surface area contributed by atoms with Crippen LogP contribution in [-0.2, 0) is 9.59 Å². The molecule has 1 aromatic carbocycles. The van der Waals surface area contributed by atoms with Gasteiger partial charge < -0.3 is 14.8 Å². The average molecular weight is 385 g/mol. The fraction of sp³-hybridized carbons (Fsp3) is 0.214. The van der Waals surface area contributed by atoms with Gasteiger partial charge in [0.2, 0.25) is 5.91 Å². The normalized spacial score (nSPS) is 15.7. The molecule has 1 aromatic rings. The fourth-order valence-corrected chi connectivity index (χ4v) is 3.02. The Morgan fingerprint density at radius 1 is 1.32 bits per heavy atom. The van der Waals surface area contributed by atoms with Crippen molar-refractivity contribution >= 4 is 50.7 Å². The summed E-state index contributed by atoms with van der Waals surface area (Å²) in [5.74, 6) is 0.469. The highest BCUT2D eigenvalue weighted by molar-refractivity contribution is 9.10. The lowest BCUT2D eigenvalue weighted by atomic mass is 10.2. The van der Waals surface area contributed by atoms with Crippen LogP contribution in [0, 0.1) is 0 Å². The monoisotopic (exact) mass is 384 g/mol. The van der Waals surface area contributed by atoms with Crippen LogP contribution in [0.2, 0.25) is 0 Å². The van der Waals surface area contributed by atoms with E-state index in [-0.39, 0.29) is 11.1 Å². The molecule has 6 nitrogen and oxygen atoms in total. The highest BCUT2D eigenvalue weighted by atomic mass is 79.9. The van der Waals surface area contributed by atoms with E-state index in [0.717, 1.165) is 21.8 Å². The summed E-state index contributed by atoms with van der Waals surface area (Å²) >= 11 is 4.54. The highest BCUT2D eigenvalue weighted by Gasteiger charge is 2.23. The Kier molecular flexibility index (Phi) is 5.25. The lowest BCUT2D eigenvalue weighted by molar-refractivity contribution is -0.117. The number of rotatable bonds is 3. The molecule has 2 rings (SSSR count). The molecule has 0 spiro atoms. The van der Waals surface area contributed by atoms with E-state index in [1.807, 2.05) is 0 Å². The summed E-state index contributed by atoms with van der Waals surface area (Å²) in [6.45, 7) is 1.36. The van der Waals surface area contributed by atoms with Gasteiger partial charge in [0, 0.05) is 11.4 Å². The topological polar surface area (TPSA) is 77.0 Å². The van der Waals surface area contributed by atoms with Gasteiger partial charge in [0.1, 0.15) is 0 Å². The number of nitrogens with one attached hydrogen (secondary N) is 1. The quantitative estimate of drug-likeness (QED) is 0.810. The van der Waals surface area contributed by atoms with E-state index >= 15 is 0 Å². The largest absolute Gasteiger partial charge is 0.493 e. The van der Waals surface area contributed by atoms with Crippen molar-refractivity contribution in [3.63, 3.8) is 0 Å². The van der Waals surface area contributed by atoms with Crippen molar-refractivity contribution in [2.45, 2.75) is 6.92 Å². The SMILES string of the molecule is COc1cc(Br)c(/C=C2\SC(NC(C)=O)=NC2=O)cc1OC. The van der Waals surface area contributed by atoms with Crippen molar-refractivity contribution in [2.24, 2.45) is 4.99 Å². The van der Waals surface area contributed by atoms with Gasteiger partial charge in [0.25, 0.3) is 5.91 Å². The Bertz CT molecular complexity index is 700. The first-order chi connectivity index (χ1) is 10.4. The van der Waals surface area contributed by atoms with Crippen LogP contribution >= 0.6 is 27.7 Å². The van der Waals surface area contributed by atoms with Crippen LogP contribution in [0.5, 0.6) is 11.5 Å². The number of halogens is 1. The van der Waals surface area contributed by atoms with E-state index in [2.05, 4.69) is 26.2 Å². The second-order valence-corrected chi connectivity index (χ2v) is 6.13. The van der Waals surface area contributed by atoms with Gasteiger partial charge in [-0.05, 0) is 35.5 Å². The molecular weight excluding hydrogens is 372 g/mol. The van der Waals surface area contributed by atoms with Gasteiger partial charge in [-0.1, -0.05) is 15.9 Å². The third-order valence-electron chi connectivity index (χ3n) is 2.69. The van der Waals surface area contributed by atoms with Crippen LogP contribution in [-0.4, -0.2) is 31.2 Å². The van der Waals surface area contributed by atoms with Gasteiger partial charge in [-0.25, -0.2) is 0 Å². The number of hydrogen-bond donors (Lipinski definition) is 1. The average Bonchev–Trinajstić information content (AvgIpc) is 2.79. The van der Waals surface area contributed by atoms with Gasteiger partial charge >= 0.3 is 0 Å². The molecule has 0 radical (unpaired) electrons. The zero-order valence-electron chi connectivity index (χ0n) is 12.1. The standard InChI is InChI=1S/C14H13BrN2O4S/c1-7(18)16-14-17-13(19)12(22-14)5-8-4-10(20-2)11(21-3)6-9(8)15/h4-6H,1-3H3,(H,16,17,18,19)/b12-5-. The van der Waals surface area contributed by atoms with Crippen molar-refractivity contribution in [3.05, 3.63) is 27.1 Å². The maximum Gasteiger partial charge on any atom is 0.286 e. The fourth-order valence-electron chi connectivity index (χ4n) is 1.73. The highest BCUT2D eigenvalue weighted by Crippen LogP contribution is 2.36. The number of carbonyl (C=O) groups excluding carboxylic acids is 2. The molecule has 0 saturated heterocycles. The van der Waals surface area contributed by atoms with Crippen molar-refractivity contribution in [2.75, 3.05) is 14.2 Å². The summed E-state index contributed by atoms with van der Waals surface area (Å²) in [6, 6.07) is 3.51. The molecule has 1 heterocycles. The number of hydrogen-bond acceptors (Lipinski definition) is 5. The molecule has 0 bridgehead atoms. The second kappa shape index (κ2) is 6.97. The summed E-state index contributed by atoms with van der Waals surface area (Å²) in [4.78, 5) is 27.1. The third-order valence-corrected chi connectivity index (χ3v) is 4.28. The Balaban J connectivity index is 2.31. The zero-order chi connectivity index (χ0) is 16.3. The van der Waals surface area contributed by atoms with Gasteiger partial charge in [-0.15, -0.1) is 0 Å². The number of aliphatic imine (C=N–C) groups is 1. The van der Waals surface area contributed by atoms with Gasteiger partial charge in [-0.2, -0.15) is 4.99 Å². The smallest absolute Gasteiger partial charge is 0.286 e. The molecule has 0 saturated carbocycles. The number of ether oxygens (including phenoxy) is 2. The number of methoxy groups -OCH3 is 2. The Labute approximate surface area is 140 Å². The van der Waals surface area contributed by atoms with Crippen LogP contribution in [0.15, 0.2) is 26.5 Å². The number of thioether (sulfide) groups is 1. The van der Waals surface area contributed by atoms with E-state index in [0.29, 0.717) is 16.4 Å². The summed E-state index contributed by atoms with van der Waals surface area (Å²) < 4.78 is 11.2. The first-order valence-electron chi connectivity index (χ1n) is 6.16. The summed E-state index contributed by atoms with van der Waals surface area (Å²) in [5.41, 5.74) is 0.743. The number of nitrogens with zero attached hydrogens (tertiary/aromatic N) is 1. The third kappa shape index (κ3) is 3.69. The number of amides is 2. The molecule has 116 valence electrons. The molecule has 2 amide bonds. The van der Waals surface area contributed by atoms with E-state index in [1.54, 1.807) is 25.3 Å². The van der Waals surface area contributed by atoms with E-state index in [9.17, 15) is 9.59 Å². The minimum absolute atomic E-state index is 0.271. The van der Waals surface area contributed by atoms with E-state index in [4.69, 9.17) is 9.47 Å². The molecule has 1 aliphatic rings. The van der Waals surface area contributed by atoms with Crippen LogP contribution in [0.1, 0.15) is 12.5 Å². The zero-order valence-corrected chi connectivity index (χ0v) is 14.5. The van der Waals surface area contributed by atoms with E-state index < -0.39 is 5.91 Å². The van der Waals surface area contributed by atoms with Crippen molar-refractivity contribution < 1.29 is 19.1 Å². The molecule has 1 aliphatic heterocycles. The number of amidine groups is 1. The molecule has 8 heteroatoms. The van der Waals surface area contributed by atoms with Gasteiger partial charge in [0.05, 0.1) is 19.1 Å². The van der Waals surface area contributed by atoms with Crippen LogP contribution in [0.25, 0.3) is 6.08 Å². The second-order valence-electron chi connectivity index (χ2n) is 4.24. The number of carbonyl (C=O) groups is 2.